The predicted molar refractivity (Wildman–Crippen MR) is 89.6 cm³/mol. The lowest BCUT2D eigenvalue weighted by Gasteiger charge is -2.28. The van der Waals surface area contributed by atoms with Gasteiger partial charge in [0.1, 0.15) is 5.75 Å². The first-order chi connectivity index (χ1) is 10.5. The van der Waals surface area contributed by atoms with Crippen LogP contribution in [-0.4, -0.2) is 44.1 Å². The largest absolute Gasteiger partial charge is 0.496 e. The molecule has 1 saturated heterocycles. The number of aryl methyl sites for hydroxylation is 2. The van der Waals surface area contributed by atoms with Gasteiger partial charge in [-0.2, -0.15) is 0 Å². The lowest BCUT2D eigenvalue weighted by atomic mass is 9.92. The van der Waals surface area contributed by atoms with Crippen molar-refractivity contribution in [1.29, 1.82) is 0 Å². The minimum absolute atomic E-state index is 0.275. The molecule has 1 amide bonds. The number of piperazine rings is 1. The quantitative estimate of drug-likeness (QED) is 0.909. The Morgan fingerprint density at radius 3 is 2.64 bits per heavy atom. The standard InChI is InChI=1S/C18H28N2O2/c1-13-11-15(3)18(22-4)16(12-13)14(2)5-6-17(21)20-9-7-19-8-10-20/h11-12,14,19H,5-10H2,1-4H3. The molecule has 4 nitrogen and oxygen atoms in total. The lowest BCUT2D eigenvalue weighted by molar-refractivity contribution is -0.131. The molecule has 0 aromatic heterocycles. The second-order valence-electron chi connectivity index (χ2n) is 6.27. The molecular formula is C18H28N2O2. The fourth-order valence-corrected chi connectivity index (χ4v) is 3.20. The zero-order valence-corrected chi connectivity index (χ0v) is 14.2. The second-order valence-corrected chi connectivity index (χ2v) is 6.27. The third-order valence-corrected chi connectivity index (χ3v) is 4.44. The molecule has 1 aromatic carbocycles. The van der Waals surface area contributed by atoms with Crippen molar-refractivity contribution in [1.82, 2.24) is 10.2 Å². The number of benzene rings is 1. The van der Waals surface area contributed by atoms with E-state index in [0.29, 0.717) is 12.3 Å². The molecule has 2 rings (SSSR count). The monoisotopic (exact) mass is 304 g/mol. The number of nitrogens with one attached hydrogen (secondary N) is 1. The van der Waals surface area contributed by atoms with Gasteiger partial charge in [-0.05, 0) is 37.3 Å². The maximum atomic E-state index is 12.3. The number of ether oxygens (including phenoxy) is 1. The third-order valence-electron chi connectivity index (χ3n) is 4.44. The van der Waals surface area contributed by atoms with Crippen LogP contribution in [0.1, 0.15) is 42.4 Å². The van der Waals surface area contributed by atoms with Crippen molar-refractivity contribution in [2.24, 2.45) is 0 Å². The van der Waals surface area contributed by atoms with Crippen LogP contribution in [0.2, 0.25) is 0 Å². The summed E-state index contributed by atoms with van der Waals surface area (Å²) in [4.78, 5) is 14.3. The lowest BCUT2D eigenvalue weighted by Crippen LogP contribution is -2.46. The Hall–Kier alpha value is -1.55. The first-order valence-electron chi connectivity index (χ1n) is 8.16. The number of rotatable bonds is 5. The summed E-state index contributed by atoms with van der Waals surface area (Å²) in [6.45, 7) is 9.85. The molecule has 1 aliphatic heterocycles. The number of carbonyl (C=O) groups is 1. The molecule has 22 heavy (non-hydrogen) atoms. The molecule has 0 aliphatic carbocycles. The molecule has 1 unspecified atom stereocenters. The normalized spacial score (nSPS) is 16.5. The second kappa shape index (κ2) is 7.63. The van der Waals surface area contributed by atoms with Gasteiger partial charge in [0, 0.05) is 32.6 Å². The first kappa shape index (κ1) is 16.8. The number of methoxy groups -OCH3 is 1. The smallest absolute Gasteiger partial charge is 0.222 e. The van der Waals surface area contributed by atoms with Gasteiger partial charge >= 0.3 is 0 Å². The van der Waals surface area contributed by atoms with Crippen molar-refractivity contribution in [3.05, 3.63) is 28.8 Å². The van der Waals surface area contributed by atoms with Gasteiger partial charge < -0.3 is 15.0 Å². The van der Waals surface area contributed by atoms with Gasteiger partial charge in [0.05, 0.1) is 7.11 Å². The van der Waals surface area contributed by atoms with Crippen LogP contribution in [0.5, 0.6) is 5.75 Å². The Morgan fingerprint density at radius 2 is 2.00 bits per heavy atom. The van der Waals surface area contributed by atoms with E-state index in [4.69, 9.17) is 4.74 Å². The summed E-state index contributed by atoms with van der Waals surface area (Å²) in [5, 5.41) is 3.28. The van der Waals surface area contributed by atoms with Crippen molar-refractivity contribution < 1.29 is 9.53 Å². The van der Waals surface area contributed by atoms with Crippen LogP contribution >= 0.6 is 0 Å². The Bertz CT molecular complexity index is 522. The number of hydrogen-bond acceptors (Lipinski definition) is 3. The number of hydrogen-bond donors (Lipinski definition) is 1. The van der Waals surface area contributed by atoms with Gasteiger partial charge in [-0.25, -0.2) is 0 Å². The summed E-state index contributed by atoms with van der Waals surface area (Å²) in [6.07, 6.45) is 1.47. The number of nitrogens with zero attached hydrogens (tertiary/aromatic N) is 1. The summed E-state index contributed by atoms with van der Waals surface area (Å²) < 4.78 is 5.57. The molecule has 0 bridgehead atoms. The van der Waals surface area contributed by atoms with E-state index in [0.717, 1.165) is 43.9 Å². The summed E-state index contributed by atoms with van der Waals surface area (Å²) in [5.74, 6) is 1.56. The van der Waals surface area contributed by atoms with Crippen molar-refractivity contribution in [3.8, 4) is 5.75 Å². The van der Waals surface area contributed by atoms with Crippen LogP contribution in [0.4, 0.5) is 0 Å². The van der Waals surface area contributed by atoms with Crippen LogP contribution in [0.25, 0.3) is 0 Å². The Morgan fingerprint density at radius 1 is 1.32 bits per heavy atom. The minimum atomic E-state index is 0.275. The fraction of sp³-hybridized carbons (Fsp3) is 0.611. The Labute approximate surface area is 133 Å². The summed E-state index contributed by atoms with van der Waals surface area (Å²) in [6, 6.07) is 4.33. The topological polar surface area (TPSA) is 41.6 Å². The number of carbonyl (C=O) groups excluding carboxylic acids is 1. The molecule has 122 valence electrons. The minimum Gasteiger partial charge on any atom is -0.496 e. The highest BCUT2D eigenvalue weighted by Crippen LogP contribution is 2.33. The highest BCUT2D eigenvalue weighted by molar-refractivity contribution is 5.76. The molecule has 1 aliphatic rings. The van der Waals surface area contributed by atoms with Crippen molar-refractivity contribution >= 4 is 5.91 Å². The molecule has 1 N–H and O–H groups in total. The van der Waals surface area contributed by atoms with Gasteiger partial charge in [0.15, 0.2) is 0 Å². The van der Waals surface area contributed by atoms with E-state index in [1.807, 2.05) is 4.90 Å². The van der Waals surface area contributed by atoms with Crippen LogP contribution in [0, 0.1) is 13.8 Å². The molecule has 0 saturated carbocycles. The summed E-state index contributed by atoms with van der Waals surface area (Å²) in [7, 11) is 1.72. The Kier molecular flexibility index (Phi) is 5.83. The predicted octanol–water partition coefficient (Wildman–Crippen LogP) is 2.63. The average Bonchev–Trinajstić information content (AvgIpc) is 2.52. The molecule has 1 atom stereocenters. The summed E-state index contributed by atoms with van der Waals surface area (Å²) >= 11 is 0. The van der Waals surface area contributed by atoms with Gasteiger partial charge in [0.2, 0.25) is 5.91 Å². The van der Waals surface area contributed by atoms with Crippen LogP contribution in [0.15, 0.2) is 12.1 Å². The van der Waals surface area contributed by atoms with Gasteiger partial charge in [-0.15, -0.1) is 0 Å². The zero-order chi connectivity index (χ0) is 16.1. The SMILES string of the molecule is COc1c(C)cc(C)cc1C(C)CCC(=O)N1CCNCC1. The van der Waals surface area contributed by atoms with Gasteiger partial charge in [0.25, 0.3) is 0 Å². The molecule has 1 fully saturated rings. The van der Waals surface area contributed by atoms with Crippen LogP contribution in [-0.2, 0) is 4.79 Å². The maximum Gasteiger partial charge on any atom is 0.222 e. The van der Waals surface area contributed by atoms with E-state index in [-0.39, 0.29) is 5.91 Å². The van der Waals surface area contributed by atoms with E-state index in [9.17, 15) is 4.79 Å². The zero-order valence-electron chi connectivity index (χ0n) is 14.2. The van der Waals surface area contributed by atoms with Gasteiger partial charge in [-0.3, -0.25) is 4.79 Å². The molecular weight excluding hydrogens is 276 g/mol. The first-order valence-corrected chi connectivity index (χ1v) is 8.16. The van der Waals surface area contributed by atoms with E-state index in [1.54, 1.807) is 7.11 Å². The third kappa shape index (κ3) is 4.01. The van der Waals surface area contributed by atoms with Crippen LogP contribution in [0.3, 0.4) is 0 Å². The van der Waals surface area contributed by atoms with Crippen molar-refractivity contribution in [2.45, 2.75) is 39.5 Å². The molecule has 4 heteroatoms. The van der Waals surface area contributed by atoms with Crippen LogP contribution < -0.4 is 10.1 Å². The highest BCUT2D eigenvalue weighted by atomic mass is 16.5. The summed E-state index contributed by atoms with van der Waals surface area (Å²) in [5.41, 5.74) is 3.62. The van der Waals surface area contributed by atoms with Crippen molar-refractivity contribution in [3.63, 3.8) is 0 Å². The highest BCUT2D eigenvalue weighted by Gasteiger charge is 2.19. The maximum absolute atomic E-state index is 12.3. The molecule has 0 radical (unpaired) electrons. The Balaban J connectivity index is 2.00. The number of amides is 1. The van der Waals surface area contributed by atoms with E-state index < -0.39 is 0 Å². The fourth-order valence-electron chi connectivity index (χ4n) is 3.20. The van der Waals surface area contributed by atoms with E-state index >= 15 is 0 Å². The van der Waals surface area contributed by atoms with E-state index in [2.05, 4.69) is 38.2 Å². The molecule has 0 spiro atoms. The molecule has 1 aromatic rings. The van der Waals surface area contributed by atoms with Gasteiger partial charge in [-0.1, -0.05) is 24.6 Å². The molecule has 1 heterocycles. The average molecular weight is 304 g/mol. The van der Waals surface area contributed by atoms with E-state index in [1.165, 1.54) is 11.1 Å². The van der Waals surface area contributed by atoms with Crippen molar-refractivity contribution in [2.75, 3.05) is 33.3 Å².